The van der Waals surface area contributed by atoms with Gasteiger partial charge in [0.05, 0.1) is 6.04 Å². The number of H-pyrrole nitrogens is 1. The van der Waals surface area contributed by atoms with E-state index < -0.39 is 5.76 Å². The van der Waals surface area contributed by atoms with E-state index in [2.05, 4.69) is 31.8 Å². The molecule has 1 aliphatic heterocycles. The summed E-state index contributed by atoms with van der Waals surface area (Å²) in [7, 11) is 0. The highest BCUT2D eigenvalue weighted by Gasteiger charge is 2.23. The summed E-state index contributed by atoms with van der Waals surface area (Å²) in [5, 5.41) is 7.05. The lowest BCUT2D eigenvalue weighted by atomic mass is 10.1. The van der Waals surface area contributed by atoms with Crippen LogP contribution in [0.1, 0.15) is 25.2 Å². The van der Waals surface area contributed by atoms with E-state index in [1.54, 1.807) is 0 Å². The van der Waals surface area contributed by atoms with Gasteiger partial charge in [0.25, 0.3) is 0 Å². The van der Waals surface area contributed by atoms with Crippen molar-refractivity contribution in [2.24, 2.45) is 0 Å². The second-order valence-corrected chi connectivity index (χ2v) is 3.69. The van der Waals surface area contributed by atoms with Crippen LogP contribution >= 0.6 is 0 Å². The zero-order valence-electron chi connectivity index (χ0n) is 8.82. The van der Waals surface area contributed by atoms with E-state index in [1.807, 2.05) is 0 Å². The first-order valence-corrected chi connectivity index (χ1v) is 5.32. The Kier molecular flexibility index (Phi) is 3.17. The first kappa shape index (κ1) is 10.4. The Bertz CT molecular complexity index is 353. The lowest BCUT2D eigenvalue weighted by Crippen LogP contribution is -2.45. The summed E-state index contributed by atoms with van der Waals surface area (Å²) in [4.78, 5) is 15.8. The van der Waals surface area contributed by atoms with E-state index in [9.17, 15) is 4.79 Å². The standard InChI is InChI=1S/C9H16N4O2/c1-2-7(8-11-9(14)15-12-8)13-5-3-10-4-6-13/h7,10H,2-6H2,1H3,(H,11,12,14). The van der Waals surface area contributed by atoms with Crippen LogP contribution < -0.4 is 11.1 Å². The molecule has 1 aliphatic rings. The van der Waals surface area contributed by atoms with Crippen molar-refractivity contribution in [1.29, 1.82) is 0 Å². The molecule has 1 aromatic heterocycles. The Morgan fingerprint density at radius 3 is 2.80 bits per heavy atom. The molecule has 84 valence electrons. The summed E-state index contributed by atoms with van der Waals surface area (Å²) in [5.41, 5.74) is 0. The molecule has 0 radical (unpaired) electrons. The highest BCUT2D eigenvalue weighted by atomic mass is 16.5. The molecule has 2 N–H and O–H groups in total. The third-order valence-corrected chi connectivity index (χ3v) is 2.75. The van der Waals surface area contributed by atoms with Crippen molar-refractivity contribution in [2.45, 2.75) is 19.4 Å². The predicted octanol–water partition coefficient (Wildman–Crippen LogP) is -0.281. The van der Waals surface area contributed by atoms with E-state index in [-0.39, 0.29) is 6.04 Å². The number of hydrogen-bond acceptors (Lipinski definition) is 5. The van der Waals surface area contributed by atoms with Crippen LogP contribution in [0.25, 0.3) is 0 Å². The van der Waals surface area contributed by atoms with Crippen molar-refractivity contribution in [2.75, 3.05) is 26.2 Å². The second-order valence-electron chi connectivity index (χ2n) is 3.69. The summed E-state index contributed by atoms with van der Waals surface area (Å²) in [6, 6.07) is 0.165. The highest BCUT2D eigenvalue weighted by molar-refractivity contribution is 4.92. The van der Waals surface area contributed by atoms with Gasteiger partial charge in [-0.25, -0.2) is 4.79 Å². The second kappa shape index (κ2) is 4.59. The van der Waals surface area contributed by atoms with Gasteiger partial charge < -0.3 is 5.32 Å². The van der Waals surface area contributed by atoms with E-state index in [1.165, 1.54) is 0 Å². The van der Waals surface area contributed by atoms with Gasteiger partial charge in [0.1, 0.15) is 0 Å². The van der Waals surface area contributed by atoms with E-state index in [0.29, 0.717) is 5.82 Å². The Balaban J connectivity index is 2.12. The molecule has 1 fully saturated rings. The normalized spacial score (nSPS) is 20.3. The number of hydrogen-bond donors (Lipinski definition) is 2. The molecule has 0 spiro atoms. The minimum Gasteiger partial charge on any atom is -0.314 e. The van der Waals surface area contributed by atoms with Crippen LogP contribution in [0.4, 0.5) is 0 Å². The number of rotatable bonds is 3. The molecule has 0 aromatic carbocycles. The van der Waals surface area contributed by atoms with Crippen molar-refractivity contribution in [3.05, 3.63) is 16.4 Å². The molecule has 1 aromatic rings. The third kappa shape index (κ3) is 2.27. The van der Waals surface area contributed by atoms with Crippen LogP contribution in [0.2, 0.25) is 0 Å². The van der Waals surface area contributed by atoms with Crippen molar-refractivity contribution < 1.29 is 4.52 Å². The quantitative estimate of drug-likeness (QED) is 0.720. The molecule has 0 aliphatic carbocycles. The molecule has 0 bridgehead atoms. The van der Waals surface area contributed by atoms with Gasteiger partial charge in [-0.2, -0.15) is 0 Å². The number of aromatic nitrogens is 2. The first-order chi connectivity index (χ1) is 7.31. The maximum absolute atomic E-state index is 10.9. The van der Waals surface area contributed by atoms with Gasteiger partial charge >= 0.3 is 5.76 Å². The molecular weight excluding hydrogens is 196 g/mol. The summed E-state index contributed by atoms with van der Waals surface area (Å²) in [6.07, 6.45) is 0.919. The zero-order chi connectivity index (χ0) is 10.7. The minimum atomic E-state index is -0.474. The summed E-state index contributed by atoms with van der Waals surface area (Å²) < 4.78 is 4.53. The number of nitrogens with zero attached hydrogens (tertiary/aromatic N) is 2. The Morgan fingerprint density at radius 2 is 2.27 bits per heavy atom. The summed E-state index contributed by atoms with van der Waals surface area (Å²) in [6.45, 7) is 6.01. The molecule has 1 saturated heterocycles. The fourth-order valence-corrected chi connectivity index (χ4v) is 2.00. The van der Waals surface area contributed by atoms with Gasteiger partial charge in [0, 0.05) is 26.2 Å². The molecule has 0 saturated carbocycles. The lowest BCUT2D eigenvalue weighted by molar-refractivity contribution is 0.160. The fraction of sp³-hybridized carbons (Fsp3) is 0.778. The number of nitrogens with one attached hydrogen (secondary N) is 2. The summed E-state index contributed by atoms with van der Waals surface area (Å²) >= 11 is 0. The minimum absolute atomic E-state index is 0.165. The van der Waals surface area contributed by atoms with E-state index in [0.717, 1.165) is 32.6 Å². The average molecular weight is 212 g/mol. The molecule has 2 rings (SSSR count). The molecule has 0 amide bonds. The van der Waals surface area contributed by atoms with Crippen LogP contribution in [-0.4, -0.2) is 41.2 Å². The molecule has 15 heavy (non-hydrogen) atoms. The monoisotopic (exact) mass is 212 g/mol. The Morgan fingerprint density at radius 1 is 1.53 bits per heavy atom. The largest absolute Gasteiger partial charge is 0.438 e. The van der Waals surface area contributed by atoms with Crippen LogP contribution in [-0.2, 0) is 0 Å². The van der Waals surface area contributed by atoms with Crippen LogP contribution in [0.15, 0.2) is 9.32 Å². The Hall–Kier alpha value is -1.14. The van der Waals surface area contributed by atoms with Crippen molar-refractivity contribution in [3.63, 3.8) is 0 Å². The van der Waals surface area contributed by atoms with E-state index >= 15 is 0 Å². The molecule has 1 unspecified atom stereocenters. The molecular formula is C9H16N4O2. The van der Waals surface area contributed by atoms with Crippen molar-refractivity contribution >= 4 is 0 Å². The highest BCUT2D eigenvalue weighted by Crippen LogP contribution is 2.19. The average Bonchev–Trinajstić information content (AvgIpc) is 2.68. The molecule has 6 heteroatoms. The van der Waals surface area contributed by atoms with Crippen molar-refractivity contribution in [3.8, 4) is 0 Å². The van der Waals surface area contributed by atoms with Crippen LogP contribution in [0, 0.1) is 0 Å². The van der Waals surface area contributed by atoms with Gasteiger partial charge in [-0.1, -0.05) is 12.1 Å². The van der Waals surface area contributed by atoms with Gasteiger partial charge in [-0.15, -0.1) is 0 Å². The number of aromatic amines is 1. The predicted molar refractivity (Wildman–Crippen MR) is 54.6 cm³/mol. The van der Waals surface area contributed by atoms with Gasteiger partial charge in [-0.3, -0.25) is 14.4 Å². The molecule has 2 heterocycles. The lowest BCUT2D eigenvalue weighted by Gasteiger charge is -2.32. The maximum Gasteiger partial charge on any atom is 0.438 e. The van der Waals surface area contributed by atoms with Gasteiger partial charge in [0.15, 0.2) is 5.82 Å². The maximum atomic E-state index is 10.9. The van der Waals surface area contributed by atoms with E-state index in [4.69, 9.17) is 0 Å². The SMILES string of the molecule is CCC(c1noc(=O)[nH]1)N1CCNCC1. The zero-order valence-corrected chi connectivity index (χ0v) is 8.82. The number of piperazine rings is 1. The fourth-order valence-electron chi connectivity index (χ4n) is 2.00. The van der Waals surface area contributed by atoms with Crippen LogP contribution in [0.5, 0.6) is 0 Å². The van der Waals surface area contributed by atoms with Crippen molar-refractivity contribution in [1.82, 2.24) is 20.4 Å². The molecule has 6 nitrogen and oxygen atoms in total. The topological polar surface area (TPSA) is 74.2 Å². The first-order valence-electron chi connectivity index (χ1n) is 5.32. The smallest absolute Gasteiger partial charge is 0.314 e. The van der Waals surface area contributed by atoms with Gasteiger partial charge in [-0.05, 0) is 6.42 Å². The Labute approximate surface area is 87.6 Å². The molecule has 1 atom stereocenters. The third-order valence-electron chi connectivity index (χ3n) is 2.75. The summed E-state index contributed by atoms with van der Waals surface area (Å²) in [5.74, 6) is 0.169. The van der Waals surface area contributed by atoms with Crippen LogP contribution in [0.3, 0.4) is 0 Å². The van der Waals surface area contributed by atoms with Gasteiger partial charge in [0.2, 0.25) is 0 Å².